The number of rotatable bonds is 40. The Hall–Kier alpha value is -13.4. The van der Waals surface area contributed by atoms with Crippen LogP contribution in [0.5, 0.6) is 51.7 Å². The van der Waals surface area contributed by atoms with Gasteiger partial charge in [0.1, 0.15) is 117 Å². The van der Waals surface area contributed by atoms with E-state index in [1.165, 1.54) is 138 Å². The van der Waals surface area contributed by atoms with E-state index in [1.807, 2.05) is 0 Å². The maximum atomic E-state index is 15.0. The molecule has 19 atom stereocenters. The van der Waals surface area contributed by atoms with Gasteiger partial charge in [0.25, 0.3) is 29.5 Å². The standard InChI is InChI=1S/C93H105N9O41S/c1-46-26-61-86(119)101(92(123)134-41-48-6-11-54(12-7-48)136-89-79(113)75(109)73(107)69(39-103)139-89)59-34-66(64(127-4)32-57(59)84(117)99(61)36-46)132-43-50-28-51(44-133-67-35-60-58(33-65(67)128-5)85(118)100-37-47(2)27-62(100)87(120)102(60)93(124)135-42-49-8-13-55(14-9-49)137-90-81(115)77(111)78(112)82(141-90)88(121)122)30-56(29-50)142-144(125,126)143-68-31-52(10-15-63(68)138-91-80(114)76(110)74(108)70(40-104)140-91)83(116)96(3)18-21-129-22-19-97-38-53(94-95-97)45-131-25-24-130-23-20-98-71(105)16-17-72(98)106/h6-17,28-35,38,61-62,69-70,73-82,86-87,89-91,103-104,107-115,119-120H,1-2,18-27,36-37,39-45H2,3-5H3,(H,121,122)/t61-,62-,69+,70+,73-,74-,75-,76-,77-,78+,79+,80+,81+,82-,86?,87?,89+,90+,91+/m0/s1. The first-order chi connectivity index (χ1) is 68.9. The third kappa shape index (κ3) is 23.7. The van der Waals surface area contributed by atoms with Gasteiger partial charge in [-0.05, 0) is 108 Å². The smallest absolute Gasteiger partial charge is 0.493 e. The Morgan fingerprint density at radius 1 is 0.486 bits per heavy atom. The fourth-order valence-corrected chi connectivity index (χ4v) is 17.5. The number of hydrogen-bond acceptors (Lipinski definition) is 42. The lowest BCUT2D eigenvalue weighted by Crippen LogP contribution is -2.61. The number of imide groups is 1. The molecule has 14 N–H and O–H groups in total. The number of carbonyl (C=O) groups excluding carboxylic acids is 7. The molecule has 51 heteroatoms. The van der Waals surface area contributed by atoms with Crippen molar-refractivity contribution in [1.82, 2.24) is 34.6 Å². The molecule has 2 unspecified atom stereocenters. The number of fused-ring (bicyclic) bond motifs is 4. The van der Waals surface area contributed by atoms with Gasteiger partial charge in [0.15, 0.2) is 53.1 Å². The summed E-state index contributed by atoms with van der Waals surface area (Å²) in [6.07, 6.45) is -29.2. The maximum Gasteiger partial charge on any atom is 0.501 e. The third-order valence-corrected chi connectivity index (χ3v) is 25.2. The highest BCUT2D eigenvalue weighted by atomic mass is 32.3. The van der Waals surface area contributed by atoms with Gasteiger partial charge in [-0.1, -0.05) is 53.8 Å². The fourth-order valence-electron chi connectivity index (χ4n) is 16.8. The molecule has 0 aliphatic carbocycles. The summed E-state index contributed by atoms with van der Waals surface area (Å²) < 4.78 is 130. The van der Waals surface area contributed by atoms with Crippen molar-refractivity contribution in [3.63, 3.8) is 0 Å². The summed E-state index contributed by atoms with van der Waals surface area (Å²) in [5.41, 5.74) is 0.870. The van der Waals surface area contributed by atoms with Gasteiger partial charge in [-0.3, -0.25) is 28.9 Å². The summed E-state index contributed by atoms with van der Waals surface area (Å²) in [7, 11) is -1.78. The number of ether oxygens (including phenoxy) is 15. The summed E-state index contributed by atoms with van der Waals surface area (Å²) in [5.74, 6) is -7.45. The number of aliphatic carboxylic acids is 1. The molecule has 50 nitrogen and oxygen atoms in total. The lowest BCUT2D eigenvalue weighted by Gasteiger charge is -2.39. The lowest BCUT2D eigenvalue weighted by atomic mass is 9.99. The molecular weight excluding hydrogens is 1930 g/mol. The Kier molecular flexibility index (Phi) is 33.3. The van der Waals surface area contributed by atoms with Crippen molar-refractivity contribution in [3.05, 3.63) is 196 Å². The van der Waals surface area contributed by atoms with Crippen LogP contribution in [-0.4, -0.2) is 373 Å². The van der Waals surface area contributed by atoms with Crippen LogP contribution < -0.4 is 51.3 Å². The summed E-state index contributed by atoms with van der Waals surface area (Å²) >= 11 is 0. The van der Waals surface area contributed by atoms with Gasteiger partial charge < -0.3 is 166 Å². The first kappa shape index (κ1) is 105. The molecule has 9 heterocycles. The molecule has 0 bridgehead atoms. The van der Waals surface area contributed by atoms with Gasteiger partial charge in [-0.15, -0.1) is 13.5 Å². The first-order valence-corrected chi connectivity index (χ1v) is 46.2. The Bertz CT molecular complexity index is 5990. The molecule has 7 aromatic rings. The molecule has 1 aromatic heterocycles. The van der Waals surface area contributed by atoms with Crippen LogP contribution >= 0.6 is 0 Å². The second-order valence-electron chi connectivity index (χ2n) is 34.3. The Labute approximate surface area is 818 Å². The van der Waals surface area contributed by atoms with E-state index in [4.69, 9.17) is 79.4 Å². The van der Waals surface area contributed by atoms with Crippen LogP contribution in [0, 0.1) is 0 Å². The quantitative estimate of drug-likeness (QED) is 0.0118. The van der Waals surface area contributed by atoms with Crippen LogP contribution in [0.15, 0.2) is 152 Å². The zero-order chi connectivity index (χ0) is 103. The molecule has 0 saturated carbocycles. The van der Waals surface area contributed by atoms with E-state index in [1.54, 1.807) is 6.20 Å². The van der Waals surface area contributed by atoms with E-state index in [0.717, 1.165) is 39.0 Å². The minimum atomic E-state index is -5.62. The molecule has 6 aromatic carbocycles. The number of methoxy groups -OCH3 is 2. The van der Waals surface area contributed by atoms with E-state index >= 15 is 0 Å². The van der Waals surface area contributed by atoms with Crippen LogP contribution in [0.4, 0.5) is 21.0 Å². The van der Waals surface area contributed by atoms with Crippen molar-refractivity contribution in [2.75, 3.05) is 103 Å². The number of anilines is 2. The molecule has 774 valence electrons. The average molecular weight is 2040 g/mol. The number of carboxylic acids is 1. The third-order valence-electron chi connectivity index (χ3n) is 24.4. The van der Waals surface area contributed by atoms with E-state index in [9.17, 15) is 118 Å². The van der Waals surface area contributed by atoms with Gasteiger partial charge in [0, 0.05) is 56.5 Å². The fraction of sp³-hybridized carbons (Fsp3) is 0.441. The highest BCUT2D eigenvalue weighted by Gasteiger charge is 2.53. The van der Waals surface area contributed by atoms with Crippen molar-refractivity contribution in [2.45, 2.75) is 169 Å². The van der Waals surface area contributed by atoms with E-state index < -0.39 is 232 Å². The SMILES string of the molecule is C=C1C[C@H]2C(O)N(C(=O)OCc3ccc(O[C@@H]4O[C@H](C(=O)O)[C@H](O)[C@H](O)[C@H]4O)cc3)c3cc(OCc4cc(COc5cc6c(cc5OC)C(=O)N5CC(=C)C[C@H]5C(O)N6C(=O)OCc5ccc(O[C@@H]6O[C@H](CO)[C@H](O)[C@H](O)[C@H]6O)cc5)cc(OS(=O)(=O)Oc5cc(C(=O)N(C)CCOCCn6cc(COCCOCCN7C(=O)C=CC7=O)nn6)ccc5O[C@@H]5O[C@H](CO)[C@H](O)[C@H](O)[C@H]5O)c4)c(OC)cc3C(=O)N2C1. The number of likely N-dealkylation sites (N-methyl/N-ethyl adjacent to an activating group) is 1. The topological polar surface area (TPSA) is 661 Å². The summed E-state index contributed by atoms with van der Waals surface area (Å²) in [6.45, 7) is 4.78. The van der Waals surface area contributed by atoms with Gasteiger partial charge >= 0.3 is 28.6 Å². The molecule has 7 amide bonds. The number of aliphatic hydroxyl groups excluding tert-OH is 13. The van der Waals surface area contributed by atoms with Gasteiger partial charge in [-0.2, -0.15) is 0 Å². The summed E-state index contributed by atoms with van der Waals surface area (Å²) in [6, 6.07) is 20.7. The van der Waals surface area contributed by atoms with Crippen LogP contribution in [0.2, 0.25) is 0 Å². The van der Waals surface area contributed by atoms with Gasteiger partial charge in [0.05, 0.1) is 121 Å². The normalized spacial score (nSPS) is 25.6. The monoisotopic (exact) mass is 2040 g/mol. The number of carbonyl (C=O) groups is 8. The zero-order valence-electron chi connectivity index (χ0n) is 77.2. The maximum absolute atomic E-state index is 15.0. The van der Waals surface area contributed by atoms with E-state index in [2.05, 4.69) is 23.5 Å². The Morgan fingerprint density at radius 3 is 1.47 bits per heavy atom. The predicted molar refractivity (Wildman–Crippen MR) is 483 cm³/mol. The van der Waals surface area contributed by atoms with Crippen molar-refractivity contribution >= 4 is 69.5 Å². The molecule has 15 rings (SSSR count). The zero-order valence-corrected chi connectivity index (χ0v) is 78.0. The first-order valence-electron chi connectivity index (χ1n) is 44.9. The molecule has 144 heavy (non-hydrogen) atoms. The minimum absolute atomic E-state index is 0.00816. The number of nitrogens with zero attached hydrogens (tertiary/aromatic N) is 9. The van der Waals surface area contributed by atoms with Crippen LogP contribution in [0.25, 0.3) is 0 Å². The van der Waals surface area contributed by atoms with Crippen molar-refractivity contribution in [2.24, 2.45) is 0 Å². The van der Waals surface area contributed by atoms with Crippen LogP contribution in [0.1, 0.15) is 71.9 Å². The number of carboxylic acid groups (broad SMARTS) is 1. The van der Waals surface area contributed by atoms with Crippen LogP contribution in [0.3, 0.4) is 0 Å². The molecular formula is C93H105N9O41S. The second kappa shape index (κ2) is 45.7. The highest BCUT2D eigenvalue weighted by Crippen LogP contribution is 2.46. The lowest BCUT2D eigenvalue weighted by molar-refractivity contribution is -0.277. The highest BCUT2D eigenvalue weighted by molar-refractivity contribution is 7.82. The predicted octanol–water partition coefficient (Wildman–Crippen LogP) is -1.48. The van der Waals surface area contributed by atoms with Crippen molar-refractivity contribution in [1.29, 1.82) is 0 Å². The van der Waals surface area contributed by atoms with Crippen LogP contribution in [-0.2, 0) is 102 Å². The number of aliphatic hydroxyl groups is 13. The van der Waals surface area contributed by atoms with Gasteiger partial charge in [-0.25, -0.2) is 28.9 Å². The number of benzene rings is 6. The Morgan fingerprint density at radius 2 is 0.965 bits per heavy atom. The minimum Gasteiger partial charge on any atom is -0.493 e. The molecule has 5 fully saturated rings. The van der Waals surface area contributed by atoms with E-state index in [0.29, 0.717) is 22.4 Å². The molecule has 0 radical (unpaired) electrons. The largest absolute Gasteiger partial charge is 0.501 e. The summed E-state index contributed by atoms with van der Waals surface area (Å²) in [5, 5.41) is 158. The number of amides is 7. The molecule has 8 aliphatic heterocycles. The summed E-state index contributed by atoms with van der Waals surface area (Å²) in [4.78, 5) is 116. The molecule has 8 aliphatic rings. The Balaban J connectivity index is 0.705. The van der Waals surface area contributed by atoms with Crippen molar-refractivity contribution < 1.29 is 198 Å². The number of hydrogen-bond donors (Lipinski definition) is 14. The average Bonchev–Trinajstić information content (AvgIpc) is 1.60. The second-order valence-corrected chi connectivity index (χ2v) is 35.5. The molecule has 5 saturated heterocycles. The van der Waals surface area contributed by atoms with Crippen molar-refractivity contribution in [3.8, 4) is 51.7 Å². The van der Waals surface area contributed by atoms with E-state index in [-0.39, 0.29) is 164 Å². The van der Waals surface area contributed by atoms with Gasteiger partial charge in [0.2, 0.25) is 18.9 Å². The molecule has 0 spiro atoms. The number of aromatic nitrogens is 3.